The van der Waals surface area contributed by atoms with Gasteiger partial charge in [-0.3, -0.25) is 4.98 Å². The first-order valence-corrected chi connectivity index (χ1v) is 3.83. The summed E-state index contributed by atoms with van der Waals surface area (Å²) in [6.07, 6.45) is 2.87. The van der Waals surface area contributed by atoms with Crippen LogP contribution < -0.4 is 0 Å². The summed E-state index contributed by atoms with van der Waals surface area (Å²) in [6.45, 7) is 1.07. The van der Waals surface area contributed by atoms with Crippen LogP contribution in [0.25, 0.3) is 0 Å². The fraction of sp³-hybridized carbons (Fsp3) is 0.444. The zero-order chi connectivity index (χ0) is 8.10. The molecular formula is C9H15ClN2. The van der Waals surface area contributed by atoms with Crippen LogP contribution in [0.5, 0.6) is 0 Å². The Kier molecular flexibility index (Phi) is 5.68. The van der Waals surface area contributed by atoms with Crippen molar-refractivity contribution in [2.75, 3.05) is 20.6 Å². The lowest BCUT2D eigenvalue weighted by Crippen LogP contribution is -2.15. The summed E-state index contributed by atoms with van der Waals surface area (Å²) in [5, 5.41) is 0. The van der Waals surface area contributed by atoms with Gasteiger partial charge in [-0.25, -0.2) is 0 Å². The Morgan fingerprint density at radius 1 is 1.33 bits per heavy atom. The van der Waals surface area contributed by atoms with Gasteiger partial charge in [0.2, 0.25) is 0 Å². The highest BCUT2D eigenvalue weighted by molar-refractivity contribution is 5.85. The number of pyridine rings is 1. The van der Waals surface area contributed by atoms with Gasteiger partial charge in [0, 0.05) is 24.9 Å². The van der Waals surface area contributed by atoms with Gasteiger partial charge < -0.3 is 4.90 Å². The van der Waals surface area contributed by atoms with Crippen molar-refractivity contribution in [1.82, 2.24) is 9.88 Å². The van der Waals surface area contributed by atoms with Crippen molar-refractivity contribution in [3.05, 3.63) is 30.1 Å². The average Bonchev–Trinajstić information content (AvgIpc) is 2.03. The Labute approximate surface area is 80.0 Å². The maximum absolute atomic E-state index is 4.22. The van der Waals surface area contributed by atoms with E-state index in [9.17, 15) is 0 Å². The molecule has 0 aliphatic carbocycles. The van der Waals surface area contributed by atoms with Crippen LogP contribution in [0.1, 0.15) is 5.69 Å². The molecule has 0 N–H and O–H groups in total. The first kappa shape index (κ1) is 11.4. The number of likely N-dealkylation sites (N-methyl/N-ethyl adjacent to an activating group) is 1. The molecule has 0 fully saturated rings. The van der Waals surface area contributed by atoms with Crippen LogP contribution in [-0.4, -0.2) is 30.5 Å². The molecule has 0 bridgehead atoms. The maximum atomic E-state index is 4.22. The lowest BCUT2D eigenvalue weighted by atomic mass is 10.3. The van der Waals surface area contributed by atoms with Crippen molar-refractivity contribution in [2.45, 2.75) is 6.42 Å². The molecule has 0 aliphatic rings. The van der Waals surface area contributed by atoms with Crippen molar-refractivity contribution in [1.29, 1.82) is 0 Å². The smallest absolute Gasteiger partial charge is 0.0416 e. The zero-order valence-electron chi connectivity index (χ0n) is 7.53. The summed E-state index contributed by atoms with van der Waals surface area (Å²) in [6, 6.07) is 6.03. The van der Waals surface area contributed by atoms with E-state index in [4.69, 9.17) is 0 Å². The molecule has 0 unspecified atom stereocenters. The lowest BCUT2D eigenvalue weighted by molar-refractivity contribution is 0.412. The third-order valence-electron chi connectivity index (χ3n) is 1.54. The molecule has 0 amide bonds. The van der Waals surface area contributed by atoms with Crippen LogP contribution in [0.15, 0.2) is 24.4 Å². The highest BCUT2D eigenvalue weighted by atomic mass is 35.5. The van der Waals surface area contributed by atoms with Crippen LogP contribution in [-0.2, 0) is 6.42 Å². The second-order valence-corrected chi connectivity index (χ2v) is 2.87. The fourth-order valence-electron chi connectivity index (χ4n) is 0.884. The Balaban J connectivity index is 0.00000121. The van der Waals surface area contributed by atoms with Gasteiger partial charge in [-0.15, -0.1) is 12.4 Å². The van der Waals surface area contributed by atoms with Crippen LogP contribution in [0.2, 0.25) is 0 Å². The Hall–Kier alpha value is -0.600. The topological polar surface area (TPSA) is 16.1 Å². The van der Waals surface area contributed by atoms with Crippen molar-refractivity contribution in [3.63, 3.8) is 0 Å². The summed E-state index contributed by atoms with van der Waals surface area (Å²) in [4.78, 5) is 6.39. The fourth-order valence-corrected chi connectivity index (χ4v) is 0.884. The number of hydrogen-bond donors (Lipinski definition) is 0. The van der Waals surface area contributed by atoms with E-state index in [0.29, 0.717) is 0 Å². The van der Waals surface area contributed by atoms with Gasteiger partial charge in [0.1, 0.15) is 0 Å². The van der Waals surface area contributed by atoms with E-state index in [1.165, 1.54) is 5.69 Å². The molecule has 0 atom stereocenters. The highest BCUT2D eigenvalue weighted by Crippen LogP contribution is 1.94. The summed E-state index contributed by atoms with van der Waals surface area (Å²) >= 11 is 0. The van der Waals surface area contributed by atoms with Gasteiger partial charge >= 0.3 is 0 Å². The molecule has 0 spiro atoms. The molecular weight excluding hydrogens is 172 g/mol. The predicted molar refractivity (Wildman–Crippen MR) is 53.7 cm³/mol. The normalized spacial score (nSPS) is 9.58. The Bertz CT molecular complexity index is 199. The number of nitrogens with zero attached hydrogens (tertiary/aromatic N) is 2. The molecule has 1 heterocycles. The quantitative estimate of drug-likeness (QED) is 0.713. The summed E-state index contributed by atoms with van der Waals surface area (Å²) in [7, 11) is 4.14. The number of aromatic nitrogens is 1. The first-order valence-electron chi connectivity index (χ1n) is 3.83. The number of rotatable bonds is 3. The van der Waals surface area contributed by atoms with Gasteiger partial charge in [-0.2, -0.15) is 0 Å². The van der Waals surface area contributed by atoms with Crippen molar-refractivity contribution in [2.24, 2.45) is 0 Å². The number of halogens is 1. The standard InChI is InChI=1S/C9H14N2.ClH/c1-11(2)8-6-9-5-3-4-7-10-9;/h3-5,7H,6,8H2,1-2H3;1H. The lowest BCUT2D eigenvalue weighted by Gasteiger charge is -2.07. The van der Waals surface area contributed by atoms with Gasteiger partial charge in [-0.1, -0.05) is 6.07 Å². The molecule has 12 heavy (non-hydrogen) atoms. The molecule has 1 aromatic heterocycles. The van der Waals surface area contributed by atoms with Gasteiger partial charge in [0.15, 0.2) is 0 Å². The van der Waals surface area contributed by atoms with E-state index >= 15 is 0 Å². The highest BCUT2D eigenvalue weighted by Gasteiger charge is 1.93. The molecule has 0 saturated heterocycles. The van der Waals surface area contributed by atoms with Crippen molar-refractivity contribution < 1.29 is 0 Å². The van der Waals surface area contributed by atoms with E-state index in [1.807, 2.05) is 18.3 Å². The molecule has 0 aromatic carbocycles. The summed E-state index contributed by atoms with van der Waals surface area (Å²) in [5.74, 6) is 0. The second-order valence-electron chi connectivity index (χ2n) is 2.87. The Morgan fingerprint density at radius 3 is 2.58 bits per heavy atom. The van der Waals surface area contributed by atoms with E-state index in [0.717, 1.165) is 13.0 Å². The van der Waals surface area contributed by atoms with Crippen LogP contribution in [0, 0.1) is 0 Å². The van der Waals surface area contributed by atoms with E-state index in [-0.39, 0.29) is 12.4 Å². The zero-order valence-corrected chi connectivity index (χ0v) is 8.34. The van der Waals surface area contributed by atoms with Gasteiger partial charge in [0.05, 0.1) is 0 Å². The molecule has 0 radical (unpaired) electrons. The van der Waals surface area contributed by atoms with Crippen LogP contribution >= 0.6 is 12.4 Å². The molecule has 3 heteroatoms. The molecule has 0 saturated carbocycles. The number of hydrogen-bond acceptors (Lipinski definition) is 2. The molecule has 68 valence electrons. The Morgan fingerprint density at radius 2 is 2.08 bits per heavy atom. The summed E-state index contributed by atoms with van der Waals surface area (Å²) < 4.78 is 0. The molecule has 0 aliphatic heterocycles. The minimum Gasteiger partial charge on any atom is -0.309 e. The molecule has 1 aromatic rings. The van der Waals surface area contributed by atoms with Gasteiger partial charge in [0.25, 0.3) is 0 Å². The first-order chi connectivity index (χ1) is 5.29. The third-order valence-corrected chi connectivity index (χ3v) is 1.54. The van der Waals surface area contributed by atoms with Crippen molar-refractivity contribution in [3.8, 4) is 0 Å². The van der Waals surface area contributed by atoms with Crippen LogP contribution in [0.3, 0.4) is 0 Å². The van der Waals surface area contributed by atoms with E-state index in [1.54, 1.807) is 0 Å². The van der Waals surface area contributed by atoms with E-state index < -0.39 is 0 Å². The molecule has 1 rings (SSSR count). The van der Waals surface area contributed by atoms with Gasteiger partial charge in [-0.05, 0) is 26.2 Å². The summed E-state index contributed by atoms with van der Waals surface area (Å²) in [5.41, 5.74) is 1.17. The monoisotopic (exact) mass is 186 g/mol. The van der Waals surface area contributed by atoms with E-state index in [2.05, 4.69) is 30.0 Å². The SMILES string of the molecule is CN(C)CCc1ccccn1.Cl. The van der Waals surface area contributed by atoms with Crippen LogP contribution in [0.4, 0.5) is 0 Å². The third kappa shape index (κ3) is 4.31. The maximum Gasteiger partial charge on any atom is 0.0416 e. The largest absolute Gasteiger partial charge is 0.309 e. The second kappa shape index (κ2) is 5.98. The van der Waals surface area contributed by atoms with Crippen molar-refractivity contribution >= 4 is 12.4 Å². The average molecular weight is 187 g/mol. The molecule has 2 nitrogen and oxygen atoms in total. The minimum atomic E-state index is 0. The predicted octanol–water partition coefficient (Wildman–Crippen LogP) is 1.61. The minimum absolute atomic E-state index is 0.